The number of ether oxygens (including phenoxy) is 2. The predicted molar refractivity (Wildman–Crippen MR) is 162 cm³/mol. The first kappa shape index (κ1) is 29.6. The number of rotatable bonds is 10. The van der Waals surface area contributed by atoms with Gasteiger partial charge in [0, 0.05) is 12.2 Å². The lowest BCUT2D eigenvalue weighted by Crippen LogP contribution is -2.39. The zero-order valence-corrected chi connectivity index (χ0v) is 23.9. The molecular formula is C33H30ClN3O6. The summed E-state index contributed by atoms with van der Waals surface area (Å²) in [7, 11) is 0. The number of nitrogens with zero attached hydrogens (tertiary/aromatic N) is 1. The summed E-state index contributed by atoms with van der Waals surface area (Å²) in [6.45, 7) is 0. The van der Waals surface area contributed by atoms with Crippen LogP contribution in [0, 0.1) is 0 Å². The molecule has 0 bridgehead atoms. The van der Waals surface area contributed by atoms with E-state index in [0.29, 0.717) is 17.1 Å². The van der Waals surface area contributed by atoms with Gasteiger partial charge in [-0.05, 0) is 91.9 Å². The smallest absolute Gasteiger partial charge is 0.337 e. The van der Waals surface area contributed by atoms with Gasteiger partial charge in [-0.15, -0.1) is 0 Å². The largest absolute Gasteiger partial charge is 0.490 e. The summed E-state index contributed by atoms with van der Waals surface area (Å²) >= 11 is 6.04. The van der Waals surface area contributed by atoms with E-state index >= 15 is 0 Å². The first-order valence-electron chi connectivity index (χ1n) is 13.9. The maximum Gasteiger partial charge on any atom is 0.337 e. The van der Waals surface area contributed by atoms with Crippen LogP contribution in [0.4, 0.5) is 5.69 Å². The third-order valence-corrected chi connectivity index (χ3v) is 7.40. The molecule has 0 spiro atoms. The second-order valence-corrected chi connectivity index (χ2v) is 10.6. The molecule has 9 nitrogen and oxygen atoms in total. The number of nitrogens with one attached hydrogen (secondary N) is 2. The number of carboxylic acid groups (broad SMARTS) is 1. The van der Waals surface area contributed by atoms with E-state index in [9.17, 15) is 19.5 Å². The number of benzene rings is 3. The third-order valence-electron chi connectivity index (χ3n) is 7.09. The van der Waals surface area contributed by atoms with Gasteiger partial charge < -0.3 is 25.2 Å². The molecule has 1 aromatic heterocycles. The number of aromatic carboxylic acids is 1. The van der Waals surface area contributed by atoms with Crippen LogP contribution in [0.15, 0.2) is 91.1 Å². The molecule has 2 amide bonds. The van der Waals surface area contributed by atoms with E-state index in [0.717, 1.165) is 37.0 Å². The Labute approximate surface area is 253 Å². The zero-order valence-electron chi connectivity index (χ0n) is 23.2. The molecule has 0 aliphatic heterocycles. The molecule has 1 heterocycles. The van der Waals surface area contributed by atoms with Crippen LogP contribution in [0.3, 0.4) is 0 Å². The Hall–Kier alpha value is -4.89. The molecule has 1 fully saturated rings. The molecular weight excluding hydrogens is 570 g/mol. The van der Waals surface area contributed by atoms with Crippen LogP contribution < -0.4 is 20.1 Å². The van der Waals surface area contributed by atoms with Crippen LogP contribution in [0.2, 0.25) is 5.15 Å². The van der Waals surface area contributed by atoms with Crippen molar-refractivity contribution in [3.05, 3.63) is 113 Å². The van der Waals surface area contributed by atoms with Crippen molar-refractivity contribution in [3.63, 3.8) is 0 Å². The topological polar surface area (TPSA) is 127 Å². The fourth-order valence-corrected chi connectivity index (χ4v) is 5.10. The average molecular weight is 600 g/mol. The van der Waals surface area contributed by atoms with E-state index in [-0.39, 0.29) is 46.8 Å². The van der Waals surface area contributed by atoms with Gasteiger partial charge in [-0.2, -0.15) is 0 Å². The minimum atomic E-state index is -1.10. The molecule has 1 aliphatic carbocycles. The standard InChI is InChI=1S/C33H30ClN3O6/c34-31-28(5-3-19-35-31)32(39)36-22-9-13-24(14-10-22)43-26-17-15-25(16-18-26)42-23-11-7-21(8-12-23)20-30(38)37-29-6-2-1-4-27(29)33(40)41/h1-8,11-12,15-19,22,24H,9-10,13-14,20H2,(H,36,39)(H,37,38)(H,40,41). The second kappa shape index (κ2) is 13.8. The molecule has 10 heteroatoms. The van der Waals surface area contributed by atoms with E-state index in [1.54, 1.807) is 60.8 Å². The summed E-state index contributed by atoms with van der Waals surface area (Å²) in [5.41, 5.74) is 1.44. The van der Waals surface area contributed by atoms with E-state index < -0.39 is 5.97 Å². The number of carbonyl (C=O) groups excluding carboxylic acids is 2. The van der Waals surface area contributed by atoms with Crippen molar-refractivity contribution in [2.24, 2.45) is 0 Å². The molecule has 3 N–H and O–H groups in total. The van der Waals surface area contributed by atoms with Gasteiger partial charge in [-0.25, -0.2) is 9.78 Å². The lowest BCUT2D eigenvalue weighted by atomic mass is 9.92. The summed E-state index contributed by atoms with van der Waals surface area (Å²) in [5, 5.41) is 15.2. The predicted octanol–water partition coefficient (Wildman–Crippen LogP) is 6.53. The maximum atomic E-state index is 12.5. The number of para-hydroxylation sites is 1. The van der Waals surface area contributed by atoms with Crippen molar-refractivity contribution in [1.82, 2.24) is 10.3 Å². The Morgan fingerprint density at radius 3 is 2.12 bits per heavy atom. The highest BCUT2D eigenvalue weighted by Crippen LogP contribution is 2.28. The van der Waals surface area contributed by atoms with E-state index in [1.165, 1.54) is 6.07 Å². The van der Waals surface area contributed by atoms with Crippen molar-refractivity contribution in [1.29, 1.82) is 0 Å². The Morgan fingerprint density at radius 1 is 0.814 bits per heavy atom. The van der Waals surface area contributed by atoms with Gasteiger partial charge in [0.1, 0.15) is 22.4 Å². The quantitative estimate of drug-likeness (QED) is 0.177. The van der Waals surface area contributed by atoms with Crippen LogP contribution in [0.25, 0.3) is 0 Å². The first-order valence-corrected chi connectivity index (χ1v) is 14.3. The third kappa shape index (κ3) is 8.11. The molecule has 0 radical (unpaired) electrons. The molecule has 220 valence electrons. The number of aromatic nitrogens is 1. The highest BCUT2D eigenvalue weighted by Gasteiger charge is 2.24. The van der Waals surface area contributed by atoms with Gasteiger partial charge in [0.05, 0.1) is 29.3 Å². The lowest BCUT2D eigenvalue weighted by Gasteiger charge is -2.29. The molecule has 0 unspecified atom stereocenters. The van der Waals surface area contributed by atoms with Gasteiger partial charge in [0.15, 0.2) is 0 Å². The van der Waals surface area contributed by atoms with Crippen molar-refractivity contribution in [3.8, 4) is 17.2 Å². The van der Waals surface area contributed by atoms with Crippen molar-refractivity contribution in [2.45, 2.75) is 44.2 Å². The summed E-state index contributed by atoms with van der Waals surface area (Å²) < 4.78 is 12.1. The monoisotopic (exact) mass is 599 g/mol. The van der Waals surface area contributed by atoms with Crippen LogP contribution in [0.1, 0.15) is 52.0 Å². The van der Waals surface area contributed by atoms with E-state index in [1.807, 2.05) is 24.3 Å². The van der Waals surface area contributed by atoms with Crippen LogP contribution in [-0.2, 0) is 11.2 Å². The van der Waals surface area contributed by atoms with E-state index in [4.69, 9.17) is 21.1 Å². The number of carboxylic acids is 1. The maximum absolute atomic E-state index is 12.5. The number of halogens is 1. The van der Waals surface area contributed by atoms with Gasteiger partial charge in [0.25, 0.3) is 5.91 Å². The molecule has 1 aliphatic rings. The molecule has 3 aromatic carbocycles. The Kier molecular flexibility index (Phi) is 9.53. The van der Waals surface area contributed by atoms with Gasteiger partial charge in [-0.1, -0.05) is 35.9 Å². The van der Waals surface area contributed by atoms with Gasteiger partial charge in [-0.3, -0.25) is 9.59 Å². The molecule has 0 saturated heterocycles. The summed E-state index contributed by atoms with van der Waals surface area (Å²) in [4.78, 5) is 40.3. The number of amides is 2. The van der Waals surface area contributed by atoms with Crippen molar-refractivity contribution in [2.75, 3.05) is 5.32 Å². The Morgan fingerprint density at radius 2 is 1.44 bits per heavy atom. The minimum Gasteiger partial charge on any atom is -0.490 e. The van der Waals surface area contributed by atoms with Crippen LogP contribution >= 0.6 is 11.6 Å². The summed E-state index contributed by atoms with van der Waals surface area (Å²) in [6, 6.07) is 24.2. The molecule has 5 rings (SSSR count). The summed E-state index contributed by atoms with van der Waals surface area (Å²) in [5.74, 6) is 0.372. The molecule has 0 atom stereocenters. The number of hydrogen-bond acceptors (Lipinski definition) is 6. The number of anilines is 1. The SMILES string of the molecule is O=C(Cc1ccc(Oc2ccc(OC3CCC(NC(=O)c4cccnc4Cl)CC3)cc2)cc1)Nc1ccccc1C(=O)O. The van der Waals surface area contributed by atoms with E-state index in [2.05, 4.69) is 15.6 Å². The van der Waals surface area contributed by atoms with Gasteiger partial charge >= 0.3 is 5.97 Å². The minimum absolute atomic E-state index is 0.0390. The number of pyridine rings is 1. The Bertz CT molecular complexity index is 1590. The summed E-state index contributed by atoms with van der Waals surface area (Å²) in [6.07, 6.45) is 4.96. The molecule has 4 aromatic rings. The zero-order chi connectivity index (χ0) is 30.2. The first-order chi connectivity index (χ1) is 20.8. The Balaban J connectivity index is 1.06. The van der Waals surface area contributed by atoms with Crippen molar-refractivity contribution >= 4 is 35.1 Å². The van der Waals surface area contributed by atoms with Crippen LogP contribution in [-0.4, -0.2) is 40.0 Å². The highest BCUT2D eigenvalue weighted by molar-refractivity contribution is 6.32. The van der Waals surface area contributed by atoms with Crippen LogP contribution in [0.5, 0.6) is 17.2 Å². The fourth-order valence-electron chi connectivity index (χ4n) is 4.89. The number of hydrogen-bond donors (Lipinski definition) is 3. The molecule has 1 saturated carbocycles. The highest BCUT2D eigenvalue weighted by atomic mass is 35.5. The van der Waals surface area contributed by atoms with Crippen molar-refractivity contribution < 1.29 is 29.0 Å². The normalized spacial score (nSPS) is 16.1. The fraction of sp³-hybridized carbons (Fsp3) is 0.212. The second-order valence-electron chi connectivity index (χ2n) is 10.2. The molecule has 43 heavy (non-hydrogen) atoms. The number of carbonyl (C=O) groups is 3. The average Bonchev–Trinajstić information content (AvgIpc) is 3.00. The van der Waals surface area contributed by atoms with Gasteiger partial charge in [0.2, 0.25) is 5.91 Å². The lowest BCUT2D eigenvalue weighted by molar-refractivity contribution is -0.115.